The van der Waals surface area contributed by atoms with Gasteiger partial charge >= 0.3 is 21.6 Å². The molecule has 14 heteroatoms. The van der Waals surface area contributed by atoms with Crippen molar-refractivity contribution in [2.45, 2.75) is 32.3 Å². The van der Waals surface area contributed by atoms with Crippen LogP contribution >= 0.6 is 0 Å². The highest BCUT2D eigenvalue weighted by atomic mass is 32.2. The Morgan fingerprint density at radius 3 is 2.49 bits per heavy atom. The number of carbonyl (C=O) groups is 1. The second kappa shape index (κ2) is 9.92. The highest BCUT2D eigenvalue weighted by Gasteiger charge is 2.52. The molecular formula is C23H25F3N6O4S. The first-order chi connectivity index (χ1) is 17.5. The number of nitrogens with zero attached hydrogens (tertiary/aromatic N) is 5. The number of carbonyl (C=O) groups excluding carboxylic acids is 1. The van der Waals surface area contributed by atoms with E-state index in [4.69, 9.17) is 4.74 Å². The summed E-state index contributed by atoms with van der Waals surface area (Å²) < 4.78 is 69.1. The van der Waals surface area contributed by atoms with Crippen molar-refractivity contribution in [2.75, 3.05) is 25.2 Å². The average Bonchev–Trinajstić information content (AvgIpc) is 3.24. The van der Waals surface area contributed by atoms with E-state index < -0.39 is 28.1 Å². The summed E-state index contributed by atoms with van der Waals surface area (Å²) in [5.74, 6) is -0.270. The molecule has 3 heterocycles. The number of fused-ring (bicyclic) bond motifs is 1. The van der Waals surface area contributed by atoms with Gasteiger partial charge in [0.1, 0.15) is 11.3 Å². The van der Waals surface area contributed by atoms with Gasteiger partial charge in [-0.15, -0.1) is 5.10 Å². The molecule has 1 aliphatic heterocycles. The van der Waals surface area contributed by atoms with Gasteiger partial charge in [-0.25, -0.2) is 9.29 Å². The molecular weight excluding hydrogens is 513 g/mol. The van der Waals surface area contributed by atoms with Crippen LogP contribution in [0.5, 0.6) is 0 Å². The maximum Gasteiger partial charge on any atom is 0.516 e. The molecule has 1 N–H and O–H groups in total. The second-order valence-electron chi connectivity index (χ2n) is 8.27. The Morgan fingerprint density at radius 1 is 1.16 bits per heavy atom. The third-order valence-corrected chi connectivity index (χ3v) is 7.29. The molecule has 10 nitrogen and oxygen atoms in total. The molecule has 1 aliphatic rings. The number of sulfonamides is 1. The minimum Gasteiger partial charge on any atom is -0.467 e. The third-order valence-electron chi connectivity index (χ3n) is 5.79. The topological polar surface area (TPSA) is 109 Å². The molecule has 0 aliphatic carbocycles. The fourth-order valence-electron chi connectivity index (χ4n) is 3.90. The van der Waals surface area contributed by atoms with Gasteiger partial charge < -0.3 is 10.1 Å². The Hall–Kier alpha value is -3.81. The summed E-state index contributed by atoms with van der Waals surface area (Å²) in [6.07, 6.45) is 2.41. The van der Waals surface area contributed by atoms with Gasteiger partial charge in [-0.2, -0.15) is 21.6 Å². The maximum atomic E-state index is 13.0. The van der Waals surface area contributed by atoms with Crippen LogP contribution in [0.15, 0.2) is 47.7 Å². The van der Waals surface area contributed by atoms with Gasteiger partial charge in [-0.3, -0.25) is 14.2 Å². The monoisotopic (exact) mass is 538 g/mol. The SMILES string of the molecule is CCc1nc2cc(C)ccn2c1C(=O)NCc1ccc(N2CCN(S(=O)(=O)C(F)(F)F)C(OC)=N2)cc1. The predicted molar refractivity (Wildman–Crippen MR) is 130 cm³/mol. The van der Waals surface area contributed by atoms with Crippen LogP contribution in [0.2, 0.25) is 0 Å². The zero-order valence-corrected chi connectivity index (χ0v) is 21.1. The van der Waals surface area contributed by atoms with Gasteiger partial charge in [0, 0.05) is 12.7 Å². The first kappa shape index (κ1) is 26.3. The standard InChI is InChI=1S/C23H25F3N6O4S/c1-4-18-20(30-10-9-15(2)13-19(30)28-18)21(33)27-14-16-5-7-17(8-6-16)31-11-12-32(22(29-31)36-3)37(34,35)23(24,25)26/h5-10,13H,4,11-12,14H2,1-3H3,(H,27,33). The fraction of sp³-hybridized carbons (Fsp3) is 0.348. The second-order valence-corrected chi connectivity index (χ2v) is 10.1. The van der Waals surface area contributed by atoms with Crippen molar-refractivity contribution in [3.8, 4) is 0 Å². The average molecular weight is 539 g/mol. The molecule has 0 bridgehead atoms. The van der Waals surface area contributed by atoms with Crippen molar-refractivity contribution >= 4 is 33.3 Å². The van der Waals surface area contributed by atoms with E-state index in [2.05, 4.69) is 15.4 Å². The summed E-state index contributed by atoms with van der Waals surface area (Å²) in [6, 6.07) is 9.92. The van der Waals surface area contributed by atoms with Crippen LogP contribution in [0, 0.1) is 6.92 Å². The molecule has 0 spiro atoms. The molecule has 1 aromatic carbocycles. The first-order valence-corrected chi connectivity index (χ1v) is 12.7. The van der Waals surface area contributed by atoms with Crippen molar-refractivity contribution in [1.29, 1.82) is 0 Å². The smallest absolute Gasteiger partial charge is 0.467 e. The molecule has 0 saturated heterocycles. The molecule has 198 valence electrons. The van der Waals surface area contributed by atoms with Crippen molar-refractivity contribution in [3.63, 3.8) is 0 Å². The number of aryl methyl sites for hydroxylation is 2. The Balaban J connectivity index is 1.46. The number of hydrogen-bond acceptors (Lipinski definition) is 7. The van der Waals surface area contributed by atoms with Crippen molar-refractivity contribution < 1.29 is 31.1 Å². The number of rotatable bonds is 6. The van der Waals surface area contributed by atoms with Gasteiger partial charge in [0.05, 0.1) is 31.6 Å². The molecule has 0 fully saturated rings. The lowest BCUT2D eigenvalue weighted by Crippen LogP contribution is -2.51. The number of amides is 1. The zero-order chi connectivity index (χ0) is 27.0. The zero-order valence-electron chi connectivity index (χ0n) is 20.3. The van der Waals surface area contributed by atoms with E-state index in [1.807, 2.05) is 32.2 Å². The minimum absolute atomic E-state index is 0.0967. The number of amidine groups is 1. The number of aromatic nitrogens is 2. The van der Waals surface area contributed by atoms with E-state index in [1.54, 1.807) is 28.7 Å². The highest BCUT2D eigenvalue weighted by Crippen LogP contribution is 2.29. The molecule has 2 aromatic heterocycles. The van der Waals surface area contributed by atoms with Crippen LogP contribution < -0.4 is 10.3 Å². The summed E-state index contributed by atoms with van der Waals surface area (Å²) in [5, 5.41) is 8.16. The number of anilines is 1. The number of pyridine rings is 1. The molecule has 0 saturated carbocycles. The molecule has 0 radical (unpaired) electrons. The number of imidazole rings is 1. The van der Waals surface area contributed by atoms with Gasteiger partial charge in [-0.05, 0) is 48.7 Å². The van der Waals surface area contributed by atoms with Crippen LogP contribution in [-0.4, -0.2) is 59.7 Å². The highest BCUT2D eigenvalue weighted by molar-refractivity contribution is 7.90. The lowest BCUT2D eigenvalue weighted by molar-refractivity contribution is -0.0477. The van der Waals surface area contributed by atoms with Crippen LogP contribution in [-0.2, 0) is 27.7 Å². The van der Waals surface area contributed by atoms with Crippen LogP contribution in [0.4, 0.5) is 18.9 Å². The van der Waals surface area contributed by atoms with Gasteiger partial charge in [0.2, 0.25) is 0 Å². The minimum atomic E-state index is -5.62. The number of alkyl halides is 3. The number of nitrogens with one attached hydrogen (secondary N) is 1. The van der Waals surface area contributed by atoms with Crippen LogP contribution in [0.25, 0.3) is 5.65 Å². The molecule has 0 unspecified atom stereocenters. The number of methoxy groups -OCH3 is 1. The van der Waals surface area contributed by atoms with Crippen molar-refractivity contribution in [3.05, 3.63) is 65.1 Å². The molecule has 3 aromatic rings. The fourth-order valence-corrected chi connectivity index (χ4v) is 4.78. The van der Waals surface area contributed by atoms with E-state index >= 15 is 0 Å². The summed E-state index contributed by atoms with van der Waals surface area (Å²) in [5.41, 5.74) is -1.28. The Bertz CT molecular complexity index is 1450. The Kier molecular flexibility index (Phi) is 7.04. The predicted octanol–water partition coefficient (Wildman–Crippen LogP) is 3.02. The number of hydrogen-bond donors (Lipinski definition) is 1. The summed E-state index contributed by atoms with van der Waals surface area (Å²) in [6.45, 7) is 3.50. The lowest BCUT2D eigenvalue weighted by atomic mass is 10.2. The number of benzene rings is 1. The first-order valence-electron chi connectivity index (χ1n) is 11.3. The van der Waals surface area contributed by atoms with E-state index in [1.165, 1.54) is 5.01 Å². The Morgan fingerprint density at radius 2 is 1.86 bits per heavy atom. The molecule has 37 heavy (non-hydrogen) atoms. The summed E-state index contributed by atoms with van der Waals surface area (Å²) in [4.78, 5) is 17.5. The number of halogens is 3. The van der Waals surface area contributed by atoms with E-state index in [0.29, 0.717) is 29.1 Å². The van der Waals surface area contributed by atoms with Gasteiger partial charge in [-0.1, -0.05) is 19.1 Å². The summed E-state index contributed by atoms with van der Waals surface area (Å²) in [7, 11) is -4.58. The molecule has 0 atom stereocenters. The third kappa shape index (κ3) is 5.05. The number of hydrazone groups is 1. The van der Waals surface area contributed by atoms with Gasteiger partial charge in [0.25, 0.3) is 5.91 Å². The lowest BCUT2D eigenvalue weighted by Gasteiger charge is -2.32. The number of ether oxygens (including phenoxy) is 1. The maximum absolute atomic E-state index is 13.0. The van der Waals surface area contributed by atoms with Crippen LogP contribution in [0.1, 0.15) is 34.2 Å². The van der Waals surface area contributed by atoms with Crippen molar-refractivity contribution in [1.82, 2.24) is 19.0 Å². The molecule has 4 rings (SSSR count). The van der Waals surface area contributed by atoms with E-state index in [-0.39, 0.29) is 23.3 Å². The van der Waals surface area contributed by atoms with Gasteiger partial charge in [0.15, 0.2) is 0 Å². The largest absolute Gasteiger partial charge is 0.516 e. The van der Waals surface area contributed by atoms with E-state index in [0.717, 1.165) is 18.2 Å². The Labute approximate surface area is 211 Å². The molecule has 1 amide bonds. The normalized spacial score (nSPS) is 14.6. The quantitative estimate of drug-likeness (QED) is 0.517. The van der Waals surface area contributed by atoms with Crippen LogP contribution in [0.3, 0.4) is 0 Å². The van der Waals surface area contributed by atoms with E-state index in [9.17, 15) is 26.4 Å². The summed E-state index contributed by atoms with van der Waals surface area (Å²) >= 11 is 0. The van der Waals surface area contributed by atoms with Crippen molar-refractivity contribution in [2.24, 2.45) is 5.10 Å².